The summed E-state index contributed by atoms with van der Waals surface area (Å²) in [6.45, 7) is 5.48. The van der Waals surface area contributed by atoms with E-state index in [9.17, 15) is 14.7 Å². The smallest absolute Gasteiger partial charge is 0.321 e. The molecule has 1 aliphatic rings. The van der Waals surface area contributed by atoms with Crippen LogP contribution in [-0.4, -0.2) is 61.7 Å². The third-order valence-corrected chi connectivity index (χ3v) is 7.21. The molecule has 3 aromatic heterocycles. The van der Waals surface area contributed by atoms with Gasteiger partial charge < -0.3 is 20.3 Å². The van der Waals surface area contributed by atoms with E-state index in [-0.39, 0.29) is 6.03 Å². The van der Waals surface area contributed by atoms with Gasteiger partial charge in [-0.15, -0.1) is 0 Å². The summed E-state index contributed by atoms with van der Waals surface area (Å²) in [5.41, 5.74) is 4.01. The second-order valence-electron chi connectivity index (χ2n) is 9.40. The zero-order valence-electron chi connectivity index (χ0n) is 21.4. The molecule has 0 radical (unpaired) electrons. The maximum Gasteiger partial charge on any atom is 0.321 e. The number of imidazole rings is 1. The minimum absolute atomic E-state index is 0.335. The average Bonchev–Trinajstić information content (AvgIpc) is 3.35. The number of nitrogens with one attached hydrogen (secondary N) is 3. The predicted octanol–water partition coefficient (Wildman–Crippen LogP) is 4.30. The summed E-state index contributed by atoms with van der Waals surface area (Å²) in [4.78, 5) is 47.3. The second-order valence-corrected chi connectivity index (χ2v) is 9.40. The third kappa shape index (κ3) is 4.86. The Balaban J connectivity index is 1.45. The Morgan fingerprint density at radius 3 is 2.47 bits per heavy atom. The van der Waals surface area contributed by atoms with Gasteiger partial charge in [0.1, 0.15) is 0 Å². The quantitative estimate of drug-likeness (QED) is 0.285. The molecule has 5 rings (SSSR count). The Hall–Kier alpha value is -4.54. The Morgan fingerprint density at radius 1 is 1.08 bits per heavy atom. The van der Waals surface area contributed by atoms with Crippen molar-refractivity contribution < 1.29 is 14.7 Å². The van der Waals surface area contributed by atoms with Gasteiger partial charge in [-0.3, -0.25) is 15.1 Å². The highest BCUT2D eigenvalue weighted by molar-refractivity contribution is 5.97. The molecule has 1 saturated heterocycles. The van der Waals surface area contributed by atoms with Crippen LogP contribution in [0.2, 0.25) is 0 Å². The van der Waals surface area contributed by atoms with E-state index in [0.717, 1.165) is 27.9 Å². The number of urea groups is 1. The number of nitrogens with zero attached hydrogens (tertiary/aromatic N) is 5. The fourth-order valence-electron chi connectivity index (χ4n) is 4.86. The number of piperidine rings is 1. The minimum atomic E-state index is -0.724. The molecule has 4 aromatic rings. The molecule has 11 heteroatoms. The van der Waals surface area contributed by atoms with Crippen molar-refractivity contribution in [2.24, 2.45) is 5.41 Å². The van der Waals surface area contributed by atoms with Gasteiger partial charge in [-0.2, -0.15) is 0 Å². The third-order valence-electron chi connectivity index (χ3n) is 7.21. The van der Waals surface area contributed by atoms with Crippen molar-refractivity contribution in [1.29, 1.82) is 0 Å². The van der Waals surface area contributed by atoms with Crippen molar-refractivity contribution in [3.05, 3.63) is 48.9 Å². The molecule has 38 heavy (non-hydrogen) atoms. The maximum absolute atomic E-state index is 12.0. The molecule has 4 N–H and O–H groups in total. The number of anilines is 2. The first kappa shape index (κ1) is 25.1. The van der Waals surface area contributed by atoms with Crippen LogP contribution in [-0.2, 0) is 4.79 Å². The van der Waals surface area contributed by atoms with Crippen molar-refractivity contribution in [3.8, 4) is 22.4 Å². The average molecular weight is 515 g/mol. The van der Waals surface area contributed by atoms with Crippen molar-refractivity contribution >= 4 is 34.9 Å². The normalized spacial score (nSPS) is 14.8. The number of rotatable bonds is 7. The standard InChI is InChI=1S/C27H30N8O3/c1-3-27(23(36)37)8-11-35(12-9-27)25-30-15-18(16-31-25)17-13-19(20-7-5-6-10-29-20)22-21(14-17)32-24(33-22)34-26(38)28-4-2/h5-7,10,13-16H,3-4,8-9,11-12H2,1-2H3,(H,36,37)(H3,28,32,33,34,38). The van der Waals surface area contributed by atoms with E-state index in [4.69, 9.17) is 0 Å². The summed E-state index contributed by atoms with van der Waals surface area (Å²) in [5.74, 6) is 0.197. The molecule has 4 heterocycles. The van der Waals surface area contributed by atoms with Gasteiger partial charge in [0.15, 0.2) is 0 Å². The first-order chi connectivity index (χ1) is 18.4. The van der Waals surface area contributed by atoms with Gasteiger partial charge in [-0.1, -0.05) is 13.0 Å². The van der Waals surface area contributed by atoms with Gasteiger partial charge in [-0.05, 0) is 56.0 Å². The van der Waals surface area contributed by atoms with Gasteiger partial charge >= 0.3 is 12.0 Å². The van der Waals surface area contributed by atoms with E-state index in [0.29, 0.717) is 56.3 Å². The lowest BCUT2D eigenvalue weighted by Gasteiger charge is -2.38. The molecule has 11 nitrogen and oxygen atoms in total. The van der Waals surface area contributed by atoms with Crippen LogP contribution in [0.5, 0.6) is 0 Å². The Bertz CT molecular complexity index is 1440. The lowest BCUT2D eigenvalue weighted by molar-refractivity contribution is -0.150. The SMILES string of the molecule is CCNC(=O)Nc1nc2cc(-c3cnc(N4CCC(CC)(C(=O)O)CC4)nc3)cc(-c3ccccn3)c2[nH]1. The fourth-order valence-corrected chi connectivity index (χ4v) is 4.86. The summed E-state index contributed by atoms with van der Waals surface area (Å²) in [5, 5.41) is 15.1. The topological polar surface area (TPSA) is 149 Å². The molecular weight excluding hydrogens is 484 g/mol. The Kier molecular flexibility index (Phi) is 6.91. The molecule has 0 aliphatic carbocycles. The number of fused-ring (bicyclic) bond motifs is 1. The number of carbonyl (C=O) groups is 2. The van der Waals surface area contributed by atoms with Gasteiger partial charge in [0.2, 0.25) is 11.9 Å². The summed E-state index contributed by atoms with van der Waals surface area (Å²) in [6, 6.07) is 9.27. The lowest BCUT2D eigenvalue weighted by atomic mass is 9.76. The number of amides is 2. The van der Waals surface area contributed by atoms with Crippen LogP contribution in [0.4, 0.5) is 16.7 Å². The van der Waals surface area contributed by atoms with E-state index in [1.807, 2.05) is 49.1 Å². The second kappa shape index (κ2) is 10.4. The summed E-state index contributed by atoms with van der Waals surface area (Å²) >= 11 is 0. The Labute approximate surface area is 219 Å². The molecule has 0 bridgehead atoms. The summed E-state index contributed by atoms with van der Waals surface area (Å²) in [7, 11) is 0. The highest BCUT2D eigenvalue weighted by Crippen LogP contribution is 2.37. The molecule has 1 aromatic carbocycles. The molecule has 0 unspecified atom stereocenters. The number of H-pyrrole nitrogens is 1. The van der Waals surface area contributed by atoms with E-state index in [2.05, 4.69) is 35.6 Å². The van der Waals surface area contributed by atoms with Crippen molar-refractivity contribution in [2.45, 2.75) is 33.1 Å². The van der Waals surface area contributed by atoms with E-state index >= 15 is 0 Å². The monoisotopic (exact) mass is 514 g/mol. The maximum atomic E-state index is 12.0. The molecular formula is C27H30N8O3. The van der Waals surface area contributed by atoms with E-state index in [1.165, 1.54) is 0 Å². The number of aliphatic carboxylic acids is 1. The molecule has 2 amide bonds. The number of aromatic nitrogens is 5. The van der Waals surface area contributed by atoms with Crippen LogP contribution >= 0.6 is 0 Å². The zero-order chi connectivity index (χ0) is 26.7. The number of carboxylic acid groups (broad SMARTS) is 1. The minimum Gasteiger partial charge on any atom is -0.481 e. The summed E-state index contributed by atoms with van der Waals surface area (Å²) < 4.78 is 0. The van der Waals surface area contributed by atoms with Crippen molar-refractivity contribution in [2.75, 3.05) is 29.9 Å². The van der Waals surface area contributed by atoms with Crippen molar-refractivity contribution in [3.63, 3.8) is 0 Å². The lowest BCUT2D eigenvalue weighted by Crippen LogP contribution is -2.44. The fraction of sp³-hybridized carbons (Fsp3) is 0.333. The number of benzene rings is 1. The predicted molar refractivity (Wildman–Crippen MR) is 145 cm³/mol. The van der Waals surface area contributed by atoms with Gasteiger partial charge in [-0.25, -0.2) is 19.7 Å². The van der Waals surface area contributed by atoms with E-state index < -0.39 is 11.4 Å². The number of carbonyl (C=O) groups excluding carboxylic acids is 1. The summed E-state index contributed by atoms with van der Waals surface area (Å²) in [6.07, 6.45) is 7.02. The molecule has 0 atom stereocenters. The van der Waals surface area contributed by atoms with Crippen LogP contribution in [0.15, 0.2) is 48.9 Å². The molecule has 1 aliphatic heterocycles. The highest BCUT2D eigenvalue weighted by Gasteiger charge is 2.40. The van der Waals surface area contributed by atoms with Crippen molar-refractivity contribution in [1.82, 2.24) is 30.2 Å². The number of hydrogen-bond acceptors (Lipinski definition) is 7. The number of hydrogen-bond donors (Lipinski definition) is 4. The zero-order valence-corrected chi connectivity index (χ0v) is 21.4. The first-order valence-electron chi connectivity index (χ1n) is 12.7. The van der Waals surface area contributed by atoms with Crippen LogP contribution < -0.4 is 15.5 Å². The van der Waals surface area contributed by atoms with Crippen LogP contribution in [0, 0.1) is 5.41 Å². The first-order valence-corrected chi connectivity index (χ1v) is 12.7. The van der Waals surface area contributed by atoms with Crippen LogP contribution in [0.1, 0.15) is 33.1 Å². The molecule has 196 valence electrons. The molecule has 0 spiro atoms. The molecule has 0 saturated carbocycles. The number of pyridine rings is 1. The molecule has 1 fully saturated rings. The largest absolute Gasteiger partial charge is 0.481 e. The van der Waals surface area contributed by atoms with Gasteiger partial charge in [0.25, 0.3) is 0 Å². The number of carboxylic acids is 1. The van der Waals surface area contributed by atoms with Crippen LogP contribution in [0.25, 0.3) is 33.4 Å². The Morgan fingerprint density at radius 2 is 1.84 bits per heavy atom. The van der Waals surface area contributed by atoms with E-state index in [1.54, 1.807) is 18.6 Å². The highest BCUT2D eigenvalue weighted by atomic mass is 16.4. The number of aromatic amines is 1. The van der Waals surface area contributed by atoms with Gasteiger partial charge in [0, 0.05) is 49.4 Å². The van der Waals surface area contributed by atoms with Gasteiger partial charge in [0.05, 0.1) is 22.1 Å². The van der Waals surface area contributed by atoms with Crippen LogP contribution in [0.3, 0.4) is 0 Å².